The second-order valence-electron chi connectivity index (χ2n) is 6.23. The van der Waals surface area contributed by atoms with E-state index in [2.05, 4.69) is 41.5 Å². The maximum Gasteiger partial charge on any atom is 0.135 e. The van der Waals surface area contributed by atoms with Crippen LogP contribution in [-0.2, 0) is 7.05 Å². The lowest BCUT2D eigenvalue weighted by molar-refractivity contribution is 0.746. The van der Waals surface area contributed by atoms with Crippen LogP contribution in [0.25, 0.3) is 10.9 Å². The first-order valence-corrected chi connectivity index (χ1v) is 8.37. The Balaban J connectivity index is 1.78. The zero-order valence-corrected chi connectivity index (χ0v) is 14.3. The van der Waals surface area contributed by atoms with Gasteiger partial charge in [-0.05, 0) is 30.2 Å². The molecule has 124 valence electrons. The minimum atomic E-state index is -0.0609. The highest BCUT2D eigenvalue weighted by Gasteiger charge is 2.19. The van der Waals surface area contributed by atoms with Crippen molar-refractivity contribution in [2.75, 3.05) is 5.32 Å². The summed E-state index contributed by atoms with van der Waals surface area (Å²) >= 11 is 0. The van der Waals surface area contributed by atoms with Gasteiger partial charge in [-0.1, -0.05) is 48.5 Å². The highest BCUT2D eigenvalue weighted by atomic mass is 15.1. The zero-order chi connectivity index (χ0) is 17.2. The monoisotopic (exact) mass is 328 g/mol. The van der Waals surface area contributed by atoms with Gasteiger partial charge in [0.15, 0.2) is 0 Å². The van der Waals surface area contributed by atoms with E-state index in [0.29, 0.717) is 0 Å². The van der Waals surface area contributed by atoms with Crippen LogP contribution in [0.3, 0.4) is 0 Å². The quantitative estimate of drug-likeness (QED) is 0.601. The van der Waals surface area contributed by atoms with Crippen LogP contribution in [0, 0.1) is 6.92 Å². The number of anilines is 1. The van der Waals surface area contributed by atoms with Crippen LogP contribution in [0.15, 0.2) is 73.1 Å². The minimum absolute atomic E-state index is 0.0609. The van der Waals surface area contributed by atoms with Crippen molar-refractivity contribution < 1.29 is 0 Å². The van der Waals surface area contributed by atoms with Crippen molar-refractivity contribution in [3.8, 4) is 0 Å². The van der Waals surface area contributed by atoms with Crippen LogP contribution >= 0.6 is 0 Å². The Bertz CT molecular complexity index is 1000. The van der Waals surface area contributed by atoms with Crippen LogP contribution in [-0.4, -0.2) is 14.5 Å². The molecule has 4 nitrogen and oxygen atoms in total. The van der Waals surface area contributed by atoms with E-state index in [9.17, 15) is 0 Å². The predicted molar refractivity (Wildman–Crippen MR) is 102 cm³/mol. The number of nitrogens with zero attached hydrogens (tertiary/aromatic N) is 3. The molecule has 4 rings (SSSR count). The van der Waals surface area contributed by atoms with Gasteiger partial charge in [0, 0.05) is 24.8 Å². The molecule has 0 aliphatic heterocycles. The van der Waals surface area contributed by atoms with Gasteiger partial charge in [-0.3, -0.25) is 0 Å². The number of pyridine rings is 1. The fraction of sp³-hybridized carbons (Fsp3) is 0.143. The number of aromatic nitrogens is 3. The maximum atomic E-state index is 4.79. The number of para-hydroxylation sites is 1. The topological polar surface area (TPSA) is 42.7 Å². The highest BCUT2D eigenvalue weighted by Crippen LogP contribution is 2.27. The Morgan fingerprint density at radius 1 is 1.00 bits per heavy atom. The molecule has 0 radical (unpaired) electrons. The van der Waals surface area contributed by atoms with Gasteiger partial charge in [0.1, 0.15) is 17.7 Å². The number of hydrogen-bond acceptors (Lipinski definition) is 3. The lowest BCUT2D eigenvalue weighted by Gasteiger charge is -2.20. The summed E-state index contributed by atoms with van der Waals surface area (Å²) < 4.78 is 2.04. The summed E-state index contributed by atoms with van der Waals surface area (Å²) in [4.78, 5) is 9.34. The summed E-state index contributed by atoms with van der Waals surface area (Å²) in [5.41, 5.74) is 3.36. The second kappa shape index (κ2) is 6.40. The molecule has 4 heteroatoms. The molecule has 4 aromatic rings. The van der Waals surface area contributed by atoms with Crippen LogP contribution in [0.5, 0.6) is 0 Å². The molecule has 0 aliphatic rings. The normalized spacial score (nSPS) is 12.2. The first kappa shape index (κ1) is 15.4. The van der Waals surface area contributed by atoms with E-state index >= 15 is 0 Å². The molecule has 0 saturated heterocycles. The standard InChI is InChI=1S/C21H20N4/c1-15-14-19(23-18-11-7-6-10-17(15)18)24-20(16-8-4-3-5-9-16)21-22-12-13-25(21)2/h3-14,20H,1-2H3,(H,23,24)/t20-/m1/s1. The van der Waals surface area contributed by atoms with Crippen LogP contribution in [0.4, 0.5) is 5.82 Å². The van der Waals surface area contributed by atoms with Crippen LogP contribution in [0.1, 0.15) is 23.0 Å². The fourth-order valence-electron chi connectivity index (χ4n) is 3.17. The number of nitrogens with one attached hydrogen (secondary N) is 1. The number of aryl methyl sites for hydroxylation is 2. The molecule has 2 aromatic heterocycles. The average molecular weight is 328 g/mol. The molecule has 0 spiro atoms. The molecule has 0 fully saturated rings. The van der Waals surface area contributed by atoms with E-state index in [1.807, 2.05) is 60.4 Å². The van der Waals surface area contributed by atoms with E-state index < -0.39 is 0 Å². The third kappa shape index (κ3) is 2.98. The smallest absolute Gasteiger partial charge is 0.135 e. The van der Waals surface area contributed by atoms with Crippen LogP contribution < -0.4 is 5.32 Å². The summed E-state index contributed by atoms with van der Waals surface area (Å²) in [5.74, 6) is 1.81. The minimum Gasteiger partial charge on any atom is -0.356 e. The molecular formula is C21H20N4. The van der Waals surface area contributed by atoms with Crippen LogP contribution in [0.2, 0.25) is 0 Å². The number of benzene rings is 2. The summed E-state index contributed by atoms with van der Waals surface area (Å²) in [7, 11) is 2.01. The number of hydrogen-bond donors (Lipinski definition) is 1. The highest BCUT2D eigenvalue weighted by molar-refractivity contribution is 5.83. The number of imidazole rings is 1. The number of rotatable bonds is 4. The van der Waals surface area contributed by atoms with Gasteiger partial charge < -0.3 is 9.88 Å². The predicted octanol–water partition coefficient (Wildman–Crippen LogP) is 4.48. The lowest BCUT2D eigenvalue weighted by atomic mass is 10.1. The molecule has 0 aliphatic carbocycles. The summed E-state index contributed by atoms with van der Waals surface area (Å²) in [6.45, 7) is 2.12. The van der Waals surface area contributed by atoms with Gasteiger partial charge in [0.2, 0.25) is 0 Å². The first-order valence-electron chi connectivity index (χ1n) is 8.37. The van der Waals surface area contributed by atoms with Crippen molar-refractivity contribution in [3.63, 3.8) is 0 Å². The molecule has 2 heterocycles. The Morgan fingerprint density at radius 2 is 1.76 bits per heavy atom. The summed E-state index contributed by atoms with van der Waals surface area (Å²) in [6, 6.07) is 20.6. The van der Waals surface area contributed by atoms with E-state index in [0.717, 1.165) is 22.7 Å². The van der Waals surface area contributed by atoms with Crippen molar-refractivity contribution in [2.24, 2.45) is 7.05 Å². The zero-order valence-electron chi connectivity index (χ0n) is 14.3. The van der Waals surface area contributed by atoms with Gasteiger partial charge >= 0.3 is 0 Å². The third-order valence-electron chi connectivity index (χ3n) is 4.46. The molecule has 0 bridgehead atoms. The molecule has 1 atom stereocenters. The van der Waals surface area contributed by atoms with Gasteiger partial charge in [-0.2, -0.15) is 0 Å². The molecule has 0 unspecified atom stereocenters. The Hall–Kier alpha value is -3.14. The second-order valence-corrected chi connectivity index (χ2v) is 6.23. The third-order valence-corrected chi connectivity index (χ3v) is 4.46. The summed E-state index contributed by atoms with van der Waals surface area (Å²) in [5, 5.41) is 4.76. The Labute approximate surface area is 147 Å². The van der Waals surface area contributed by atoms with Crippen molar-refractivity contribution >= 4 is 16.7 Å². The van der Waals surface area contributed by atoms with Gasteiger partial charge in [-0.15, -0.1) is 0 Å². The molecule has 1 N–H and O–H groups in total. The number of fused-ring (bicyclic) bond motifs is 1. The maximum absolute atomic E-state index is 4.79. The molecule has 2 aromatic carbocycles. The Morgan fingerprint density at radius 3 is 2.52 bits per heavy atom. The summed E-state index contributed by atoms with van der Waals surface area (Å²) in [6.07, 6.45) is 3.79. The Kier molecular flexibility index (Phi) is 3.94. The SMILES string of the molecule is Cc1cc(N[C@H](c2ccccc2)c2nccn2C)nc2ccccc12. The van der Waals surface area contributed by atoms with Gasteiger partial charge in [0.25, 0.3) is 0 Å². The van der Waals surface area contributed by atoms with E-state index in [1.54, 1.807) is 0 Å². The van der Waals surface area contributed by atoms with E-state index in [4.69, 9.17) is 4.98 Å². The first-order chi connectivity index (χ1) is 12.2. The van der Waals surface area contributed by atoms with E-state index in [1.165, 1.54) is 10.9 Å². The molecular weight excluding hydrogens is 308 g/mol. The largest absolute Gasteiger partial charge is 0.356 e. The van der Waals surface area contributed by atoms with Crippen molar-refractivity contribution in [1.29, 1.82) is 0 Å². The molecule has 0 saturated carbocycles. The van der Waals surface area contributed by atoms with Crippen molar-refractivity contribution in [2.45, 2.75) is 13.0 Å². The fourth-order valence-corrected chi connectivity index (χ4v) is 3.17. The van der Waals surface area contributed by atoms with E-state index in [-0.39, 0.29) is 6.04 Å². The molecule has 0 amide bonds. The average Bonchev–Trinajstić information content (AvgIpc) is 3.06. The van der Waals surface area contributed by atoms with Crippen molar-refractivity contribution in [1.82, 2.24) is 14.5 Å². The van der Waals surface area contributed by atoms with Gasteiger partial charge in [0.05, 0.1) is 5.52 Å². The lowest BCUT2D eigenvalue weighted by Crippen LogP contribution is -2.17. The van der Waals surface area contributed by atoms with Gasteiger partial charge in [-0.25, -0.2) is 9.97 Å². The molecule has 25 heavy (non-hydrogen) atoms. The van der Waals surface area contributed by atoms with Crippen molar-refractivity contribution in [3.05, 3.63) is 90.0 Å².